The van der Waals surface area contributed by atoms with Crippen LogP contribution in [0.15, 0.2) is 53.4 Å². The first kappa shape index (κ1) is 24.4. The van der Waals surface area contributed by atoms with Crippen molar-refractivity contribution in [3.63, 3.8) is 0 Å². The minimum Gasteiger partial charge on any atom is -0.339 e. The van der Waals surface area contributed by atoms with Crippen molar-refractivity contribution in [1.29, 1.82) is 0 Å². The molecule has 0 aromatic heterocycles. The summed E-state index contributed by atoms with van der Waals surface area (Å²) in [7, 11) is 0. The summed E-state index contributed by atoms with van der Waals surface area (Å²) in [5.74, 6) is -0.540. The van der Waals surface area contributed by atoms with E-state index in [1.165, 1.54) is 30.0 Å². The molecule has 1 saturated heterocycles. The van der Waals surface area contributed by atoms with Gasteiger partial charge in [0.2, 0.25) is 11.8 Å². The Hall–Kier alpha value is -2.23. The third-order valence-corrected chi connectivity index (χ3v) is 6.65. The van der Waals surface area contributed by atoms with Gasteiger partial charge in [0.25, 0.3) is 0 Å². The van der Waals surface area contributed by atoms with Gasteiger partial charge in [0.05, 0.1) is 28.1 Å². The number of benzene rings is 2. The second-order valence-electron chi connectivity index (χ2n) is 7.38. The van der Waals surface area contributed by atoms with Crippen LogP contribution < -0.4 is 5.32 Å². The summed E-state index contributed by atoms with van der Waals surface area (Å²) >= 11 is 7.56. The number of piperazine rings is 1. The Labute approximate surface area is 193 Å². The molecule has 2 amide bonds. The standard InChI is InChI=1S/C22H23ClF3N3O2S/c1-15(32-19-9-5-3-7-17(19)23)21(31)29-12-10-28(11-13-29)14-20(30)27-18-8-4-2-6-16(18)22(24,25)26/h2-9,15H,10-14H2,1H3,(H,27,30). The Bertz CT molecular complexity index is 965. The largest absolute Gasteiger partial charge is 0.418 e. The number of thioether (sulfide) groups is 1. The number of rotatable bonds is 6. The van der Waals surface area contributed by atoms with Crippen LogP contribution in [0.25, 0.3) is 0 Å². The summed E-state index contributed by atoms with van der Waals surface area (Å²) in [5.41, 5.74) is -1.14. The van der Waals surface area contributed by atoms with E-state index < -0.39 is 17.6 Å². The number of alkyl halides is 3. The number of carbonyl (C=O) groups excluding carboxylic acids is 2. The summed E-state index contributed by atoms with van der Waals surface area (Å²) < 4.78 is 39.3. The Balaban J connectivity index is 1.49. The van der Waals surface area contributed by atoms with Gasteiger partial charge < -0.3 is 10.2 Å². The Morgan fingerprint density at radius 2 is 1.69 bits per heavy atom. The van der Waals surface area contributed by atoms with Crippen LogP contribution in [0.3, 0.4) is 0 Å². The van der Waals surface area contributed by atoms with Crippen LogP contribution >= 0.6 is 23.4 Å². The van der Waals surface area contributed by atoms with E-state index in [-0.39, 0.29) is 23.4 Å². The van der Waals surface area contributed by atoms with E-state index in [0.29, 0.717) is 31.2 Å². The fraction of sp³-hybridized carbons (Fsp3) is 0.364. The molecule has 1 heterocycles. The van der Waals surface area contributed by atoms with Crippen molar-refractivity contribution >= 4 is 40.9 Å². The normalized spacial score (nSPS) is 16.0. The summed E-state index contributed by atoms with van der Waals surface area (Å²) in [5, 5.41) is 2.63. The van der Waals surface area contributed by atoms with Crippen LogP contribution in [0.5, 0.6) is 0 Å². The number of para-hydroxylation sites is 1. The molecule has 0 bridgehead atoms. The first-order valence-electron chi connectivity index (χ1n) is 10.0. The minimum atomic E-state index is -4.55. The lowest BCUT2D eigenvalue weighted by molar-refractivity contribution is -0.137. The molecule has 1 N–H and O–H groups in total. The van der Waals surface area contributed by atoms with Crippen LogP contribution in [0.2, 0.25) is 5.02 Å². The number of anilines is 1. The topological polar surface area (TPSA) is 52.7 Å². The predicted octanol–water partition coefficient (Wildman–Crippen LogP) is 4.62. The third kappa shape index (κ3) is 6.40. The summed E-state index contributed by atoms with van der Waals surface area (Å²) in [6.07, 6.45) is -4.55. The van der Waals surface area contributed by atoms with E-state index in [0.717, 1.165) is 11.0 Å². The second kappa shape index (κ2) is 10.6. The van der Waals surface area contributed by atoms with E-state index in [1.807, 2.05) is 30.0 Å². The highest BCUT2D eigenvalue weighted by atomic mass is 35.5. The number of nitrogens with zero attached hydrogens (tertiary/aromatic N) is 2. The minimum absolute atomic E-state index is 0.0156. The fourth-order valence-corrected chi connectivity index (χ4v) is 4.63. The highest BCUT2D eigenvalue weighted by Crippen LogP contribution is 2.34. The smallest absolute Gasteiger partial charge is 0.339 e. The van der Waals surface area contributed by atoms with Gasteiger partial charge in [-0.15, -0.1) is 11.8 Å². The van der Waals surface area contributed by atoms with Crippen LogP contribution in [0, 0.1) is 0 Å². The highest BCUT2D eigenvalue weighted by molar-refractivity contribution is 8.00. The Morgan fingerprint density at radius 1 is 1.06 bits per heavy atom. The van der Waals surface area contributed by atoms with Gasteiger partial charge in [-0.1, -0.05) is 35.9 Å². The highest BCUT2D eigenvalue weighted by Gasteiger charge is 2.34. The summed E-state index contributed by atoms with van der Waals surface area (Å²) in [4.78, 5) is 29.5. The molecule has 1 fully saturated rings. The van der Waals surface area contributed by atoms with E-state index in [4.69, 9.17) is 11.6 Å². The van der Waals surface area contributed by atoms with Crippen molar-refractivity contribution in [3.05, 3.63) is 59.1 Å². The zero-order valence-corrected chi connectivity index (χ0v) is 18.9. The first-order valence-corrected chi connectivity index (χ1v) is 11.3. The van der Waals surface area contributed by atoms with Crippen molar-refractivity contribution in [1.82, 2.24) is 9.80 Å². The number of hydrogen-bond acceptors (Lipinski definition) is 4. The van der Waals surface area contributed by atoms with E-state index in [2.05, 4.69) is 5.32 Å². The van der Waals surface area contributed by atoms with Crippen molar-refractivity contribution in [2.45, 2.75) is 23.2 Å². The van der Waals surface area contributed by atoms with Crippen molar-refractivity contribution in [2.24, 2.45) is 0 Å². The van der Waals surface area contributed by atoms with Gasteiger partial charge in [-0.25, -0.2) is 0 Å². The van der Waals surface area contributed by atoms with Gasteiger partial charge >= 0.3 is 6.18 Å². The van der Waals surface area contributed by atoms with Crippen molar-refractivity contribution in [3.8, 4) is 0 Å². The van der Waals surface area contributed by atoms with Gasteiger partial charge in [-0.05, 0) is 31.2 Å². The quantitative estimate of drug-likeness (QED) is 0.606. The van der Waals surface area contributed by atoms with E-state index >= 15 is 0 Å². The zero-order valence-electron chi connectivity index (χ0n) is 17.4. The van der Waals surface area contributed by atoms with Gasteiger partial charge in [0, 0.05) is 31.1 Å². The maximum absolute atomic E-state index is 13.1. The molecule has 2 aromatic rings. The summed E-state index contributed by atoms with van der Waals surface area (Å²) in [6, 6.07) is 12.2. The zero-order chi connectivity index (χ0) is 23.3. The lowest BCUT2D eigenvalue weighted by Gasteiger charge is -2.35. The molecule has 10 heteroatoms. The van der Waals surface area contributed by atoms with Gasteiger partial charge in [0.1, 0.15) is 0 Å². The monoisotopic (exact) mass is 485 g/mol. The number of nitrogens with one attached hydrogen (secondary N) is 1. The van der Waals surface area contributed by atoms with E-state index in [1.54, 1.807) is 11.0 Å². The molecule has 1 unspecified atom stereocenters. The van der Waals surface area contributed by atoms with Crippen LogP contribution in [-0.4, -0.2) is 59.6 Å². The molecule has 0 saturated carbocycles. The molecule has 1 aliphatic heterocycles. The SMILES string of the molecule is CC(Sc1ccccc1Cl)C(=O)N1CCN(CC(=O)Nc2ccccc2C(F)(F)F)CC1. The van der Waals surface area contributed by atoms with Gasteiger partial charge in [0.15, 0.2) is 0 Å². The second-order valence-corrected chi connectivity index (χ2v) is 9.17. The lowest BCUT2D eigenvalue weighted by Crippen LogP contribution is -2.52. The summed E-state index contributed by atoms with van der Waals surface area (Å²) in [6.45, 7) is 3.59. The molecule has 172 valence electrons. The molecule has 0 aliphatic carbocycles. The maximum atomic E-state index is 13.1. The number of hydrogen-bond donors (Lipinski definition) is 1. The van der Waals surface area contributed by atoms with Crippen LogP contribution in [-0.2, 0) is 15.8 Å². The molecule has 1 aliphatic rings. The van der Waals surface area contributed by atoms with Gasteiger partial charge in [-0.2, -0.15) is 13.2 Å². The third-order valence-electron chi connectivity index (χ3n) is 5.05. The molecular weight excluding hydrogens is 463 g/mol. The number of carbonyl (C=O) groups is 2. The number of halogens is 4. The molecule has 5 nitrogen and oxygen atoms in total. The predicted molar refractivity (Wildman–Crippen MR) is 120 cm³/mol. The maximum Gasteiger partial charge on any atom is 0.418 e. The first-order chi connectivity index (χ1) is 15.1. The van der Waals surface area contributed by atoms with Crippen LogP contribution in [0.1, 0.15) is 12.5 Å². The molecule has 3 rings (SSSR count). The lowest BCUT2D eigenvalue weighted by atomic mass is 10.1. The molecule has 32 heavy (non-hydrogen) atoms. The van der Waals surface area contributed by atoms with E-state index in [9.17, 15) is 22.8 Å². The van der Waals surface area contributed by atoms with Crippen LogP contribution in [0.4, 0.5) is 18.9 Å². The van der Waals surface area contributed by atoms with Gasteiger partial charge in [-0.3, -0.25) is 14.5 Å². The average Bonchev–Trinajstić information content (AvgIpc) is 2.75. The molecule has 1 atom stereocenters. The molecule has 0 spiro atoms. The van der Waals surface area contributed by atoms with Crippen molar-refractivity contribution < 1.29 is 22.8 Å². The molecular formula is C22H23ClF3N3O2S. The Morgan fingerprint density at radius 3 is 2.34 bits per heavy atom. The number of amides is 2. The molecule has 2 aromatic carbocycles. The molecule has 0 radical (unpaired) electrons. The van der Waals surface area contributed by atoms with Crippen molar-refractivity contribution in [2.75, 3.05) is 38.0 Å². The average molecular weight is 486 g/mol. The Kier molecular flexibility index (Phi) is 8.08. The fourth-order valence-electron chi connectivity index (χ4n) is 3.40.